The smallest absolute Gasteiger partial charge is 0.172 e. The molecule has 0 saturated heterocycles. The summed E-state index contributed by atoms with van der Waals surface area (Å²) in [5.41, 5.74) is 4.12. The highest BCUT2D eigenvalue weighted by Crippen LogP contribution is 2.23. The molecule has 0 fully saturated rings. The fraction of sp³-hybridized carbons (Fsp3) is 0.105. The largest absolute Gasteiger partial charge is 0.361 e. The average molecular weight is 352 g/mol. The van der Waals surface area contributed by atoms with Crippen LogP contribution in [0.5, 0.6) is 0 Å². The maximum absolute atomic E-state index is 12.4. The highest BCUT2D eigenvalue weighted by atomic mass is 35.5. The normalized spacial score (nSPS) is 11.1. The lowest BCUT2D eigenvalue weighted by molar-refractivity contribution is 0.0991. The Morgan fingerprint density at radius 2 is 2.00 bits per heavy atom. The van der Waals surface area contributed by atoms with Crippen LogP contribution in [0.2, 0.25) is 5.02 Å². The number of nitrogens with zero attached hydrogens (tertiary/aromatic N) is 2. The van der Waals surface area contributed by atoms with Crippen molar-refractivity contribution in [2.45, 2.75) is 13.3 Å². The van der Waals surface area contributed by atoms with Gasteiger partial charge in [-0.2, -0.15) is 0 Å². The predicted octanol–water partition coefficient (Wildman–Crippen LogP) is 4.61. The van der Waals surface area contributed by atoms with Gasteiger partial charge in [0.05, 0.1) is 22.8 Å². The minimum atomic E-state index is -0.0180. The summed E-state index contributed by atoms with van der Waals surface area (Å²) in [5, 5.41) is 4.34. The number of imidazole rings is 1. The standard InChI is InChI=1S/C19H14ClN3O2/c1-11-15(10-21-25-11)18(24)9-12-2-7-16-17(8-12)23-19(22-16)13-3-5-14(20)6-4-13/h2-8,10H,9H2,1H3,(H,22,23). The Morgan fingerprint density at radius 1 is 1.20 bits per heavy atom. The van der Waals surface area contributed by atoms with E-state index in [4.69, 9.17) is 16.1 Å². The van der Waals surface area contributed by atoms with E-state index in [9.17, 15) is 4.79 Å². The van der Waals surface area contributed by atoms with Gasteiger partial charge < -0.3 is 9.51 Å². The van der Waals surface area contributed by atoms with Gasteiger partial charge in [-0.25, -0.2) is 4.98 Å². The van der Waals surface area contributed by atoms with Gasteiger partial charge in [0.2, 0.25) is 0 Å². The zero-order valence-electron chi connectivity index (χ0n) is 13.4. The van der Waals surface area contributed by atoms with Crippen LogP contribution >= 0.6 is 11.6 Å². The number of Topliss-reactive ketones (excluding diaryl/α,β-unsaturated/α-hetero) is 1. The van der Waals surface area contributed by atoms with E-state index in [2.05, 4.69) is 15.1 Å². The Bertz CT molecular complexity index is 1060. The molecular weight excluding hydrogens is 338 g/mol. The molecule has 0 saturated carbocycles. The number of nitrogens with one attached hydrogen (secondary N) is 1. The number of hydrogen-bond donors (Lipinski definition) is 1. The van der Waals surface area contributed by atoms with Gasteiger partial charge in [-0.05, 0) is 48.9 Å². The molecule has 6 heteroatoms. The van der Waals surface area contributed by atoms with Gasteiger partial charge >= 0.3 is 0 Å². The molecule has 25 heavy (non-hydrogen) atoms. The topological polar surface area (TPSA) is 71.8 Å². The molecule has 0 unspecified atom stereocenters. The van der Waals surface area contributed by atoms with Crippen LogP contribution in [0.1, 0.15) is 21.7 Å². The van der Waals surface area contributed by atoms with Gasteiger partial charge in [0.25, 0.3) is 0 Å². The van der Waals surface area contributed by atoms with E-state index < -0.39 is 0 Å². The summed E-state index contributed by atoms with van der Waals surface area (Å²) >= 11 is 5.93. The van der Waals surface area contributed by atoms with Crippen molar-refractivity contribution >= 4 is 28.4 Å². The van der Waals surface area contributed by atoms with Crippen molar-refractivity contribution in [3.63, 3.8) is 0 Å². The molecule has 0 atom stereocenters. The van der Waals surface area contributed by atoms with Crippen LogP contribution in [0.3, 0.4) is 0 Å². The van der Waals surface area contributed by atoms with Crippen molar-refractivity contribution in [3.05, 3.63) is 70.6 Å². The van der Waals surface area contributed by atoms with E-state index in [1.807, 2.05) is 42.5 Å². The van der Waals surface area contributed by atoms with E-state index in [0.29, 0.717) is 16.3 Å². The first-order valence-corrected chi connectivity index (χ1v) is 8.17. The second kappa shape index (κ2) is 6.18. The molecule has 5 nitrogen and oxygen atoms in total. The first-order chi connectivity index (χ1) is 12.1. The number of carbonyl (C=O) groups excluding carboxylic acids is 1. The lowest BCUT2D eigenvalue weighted by Crippen LogP contribution is -2.03. The average Bonchev–Trinajstić information content (AvgIpc) is 3.21. The van der Waals surface area contributed by atoms with E-state index in [0.717, 1.165) is 28.0 Å². The number of ketones is 1. The maximum atomic E-state index is 12.4. The van der Waals surface area contributed by atoms with Gasteiger partial charge in [0.15, 0.2) is 5.78 Å². The van der Waals surface area contributed by atoms with Gasteiger partial charge in [-0.1, -0.05) is 22.8 Å². The minimum absolute atomic E-state index is 0.0180. The third kappa shape index (κ3) is 3.06. The van der Waals surface area contributed by atoms with Crippen LogP contribution in [0, 0.1) is 6.92 Å². The number of carbonyl (C=O) groups is 1. The first kappa shape index (κ1) is 15.6. The maximum Gasteiger partial charge on any atom is 0.172 e. The Morgan fingerprint density at radius 3 is 2.72 bits per heavy atom. The minimum Gasteiger partial charge on any atom is -0.361 e. The molecule has 4 aromatic rings. The molecule has 1 N–H and O–H groups in total. The number of aromatic nitrogens is 3. The Hall–Kier alpha value is -2.92. The monoisotopic (exact) mass is 351 g/mol. The van der Waals surface area contributed by atoms with Crippen LogP contribution in [0.4, 0.5) is 0 Å². The lowest BCUT2D eigenvalue weighted by atomic mass is 10.0. The Labute approximate surface area is 148 Å². The van der Waals surface area contributed by atoms with Gasteiger partial charge in [-0.15, -0.1) is 0 Å². The lowest BCUT2D eigenvalue weighted by Gasteiger charge is -2.00. The number of rotatable bonds is 4. The molecule has 2 aromatic heterocycles. The molecule has 2 heterocycles. The van der Waals surface area contributed by atoms with Gasteiger partial charge in [-0.3, -0.25) is 4.79 Å². The summed E-state index contributed by atoms with van der Waals surface area (Å²) in [6, 6.07) is 13.3. The second-order valence-corrected chi connectivity index (χ2v) is 6.28. The number of hydrogen-bond acceptors (Lipinski definition) is 4. The molecule has 0 spiro atoms. The SMILES string of the molecule is Cc1oncc1C(=O)Cc1ccc2nc(-c3ccc(Cl)cc3)[nH]c2c1. The highest BCUT2D eigenvalue weighted by molar-refractivity contribution is 6.30. The fourth-order valence-electron chi connectivity index (χ4n) is 2.76. The van der Waals surface area contributed by atoms with E-state index >= 15 is 0 Å². The van der Waals surface area contributed by atoms with Gasteiger partial charge in [0.1, 0.15) is 11.6 Å². The van der Waals surface area contributed by atoms with Crippen LogP contribution in [0.15, 0.2) is 53.2 Å². The summed E-state index contributed by atoms with van der Waals surface area (Å²) in [6.07, 6.45) is 1.75. The van der Waals surface area contributed by atoms with Crippen LogP contribution in [-0.4, -0.2) is 20.9 Å². The molecule has 0 bridgehead atoms. The molecule has 0 aliphatic rings. The van der Waals surface area contributed by atoms with Gasteiger partial charge in [0, 0.05) is 17.0 Å². The van der Waals surface area contributed by atoms with Crippen LogP contribution < -0.4 is 0 Å². The third-order valence-electron chi connectivity index (χ3n) is 4.08. The molecule has 0 radical (unpaired) electrons. The summed E-state index contributed by atoms with van der Waals surface area (Å²) in [4.78, 5) is 20.2. The number of halogens is 1. The number of benzene rings is 2. The van der Waals surface area contributed by atoms with Crippen molar-refractivity contribution < 1.29 is 9.32 Å². The molecular formula is C19H14ClN3O2. The molecule has 4 rings (SSSR count). The quantitative estimate of drug-likeness (QED) is 0.545. The number of fused-ring (bicyclic) bond motifs is 1. The van der Waals surface area contributed by atoms with Crippen molar-refractivity contribution in [1.82, 2.24) is 15.1 Å². The van der Waals surface area contributed by atoms with Crippen LogP contribution in [-0.2, 0) is 6.42 Å². The summed E-state index contributed by atoms with van der Waals surface area (Å²) in [7, 11) is 0. The molecule has 0 aliphatic carbocycles. The first-order valence-electron chi connectivity index (χ1n) is 7.79. The van der Waals surface area contributed by atoms with Crippen molar-refractivity contribution in [2.24, 2.45) is 0 Å². The zero-order valence-corrected chi connectivity index (χ0v) is 14.2. The Balaban J connectivity index is 1.63. The molecule has 0 aliphatic heterocycles. The molecule has 0 amide bonds. The van der Waals surface area contributed by atoms with Crippen molar-refractivity contribution in [2.75, 3.05) is 0 Å². The second-order valence-electron chi connectivity index (χ2n) is 5.84. The van der Waals surface area contributed by atoms with Crippen molar-refractivity contribution in [3.8, 4) is 11.4 Å². The highest BCUT2D eigenvalue weighted by Gasteiger charge is 2.14. The summed E-state index contributed by atoms with van der Waals surface area (Å²) < 4.78 is 4.96. The van der Waals surface area contributed by atoms with Crippen molar-refractivity contribution in [1.29, 1.82) is 0 Å². The Kier molecular flexibility index (Phi) is 3.86. The van der Waals surface area contributed by atoms with E-state index in [1.54, 1.807) is 6.92 Å². The number of aromatic amines is 1. The van der Waals surface area contributed by atoms with Crippen LogP contribution in [0.25, 0.3) is 22.4 Å². The zero-order chi connectivity index (χ0) is 17.4. The summed E-state index contributed by atoms with van der Waals surface area (Å²) in [5.74, 6) is 1.29. The molecule has 2 aromatic carbocycles. The predicted molar refractivity (Wildman–Crippen MR) is 95.8 cm³/mol. The fourth-order valence-corrected chi connectivity index (χ4v) is 2.88. The van der Waals surface area contributed by atoms with E-state index in [-0.39, 0.29) is 12.2 Å². The van der Waals surface area contributed by atoms with E-state index in [1.165, 1.54) is 6.20 Å². The number of H-pyrrole nitrogens is 1. The molecule has 124 valence electrons. The summed E-state index contributed by atoms with van der Waals surface area (Å²) in [6.45, 7) is 1.73. The number of aryl methyl sites for hydroxylation is 1. The third-order valence-corrected chi connectivity index (χ3v) is 4.33.